The Morgan fingerprint density at radius 3 is 1.16 bits per heavy atom. The molecule has 1 heterocycles. The lowest BCUT2D eigenvalue weighted by Gasteiger charge is -2.40. The highest BCUT2D eigenvalue weighted by atomic mass is 16.7. The summed E-state index contributed by atoms with van der Waals surface area (Å²) in [6.07, 6.45) is 65.6. The summed E-state index contributed by atoms with van der Waals surface area (Å²) in [5, 5.41) is 31.7. The van der Waals surface area contributed by atoms with E-state index in [1.807, 2.05) is 0 Å². The molecule has 0 spiro atoms. The number of carbonyl (C=O) groups excluding carboxylic acids is 3. The van der Waals surface area contributed by atoms with Crippen LogP contribution in [0.25, 0.3) is 0 Å². The summed E-state index contributed by atoms with van der Waals surface area (Å²) in [5.41, 5.74) is 0. The highest BCUT2D eigenvalue weighted by Gasteiger charge is 2.50. The van der Waals surface area contributed by atoms with Gasteiger partial charge in [0.2, 0.25) is 0 Å². The Morgan fingerprint density at radius 1 is 0.400 bits per heavy atom. The van der Waals surface area contributed by atoms with Crippen molar-refractivity contribution < 1.29 is 58.2 Å². The molecule has 12 heteroatoms. The molecule has 0 bridgehead atoms. The van der Waals surface area contributed by atoms with Gasteiger partial charge < -0.3 is 39.0 Å². The Kier molecular flexibility index (Phi) is 56.3. The lowest BCUT2D eigenvalue weighted by molar-refractivity contribution is -0.301. The maximum Gasteiger partial charge on any atom is 0.335 e. The highest BCUT2D eigenvalue weighted by Crippen LogP contribution is 2.27. The van der Waals surface area contributed by atoms with E-state index in [-0.39, 0.29) is 25.9 Å². The van der Waals surface area contributed by atoms with E-state index in [4.69, 9.17) is 23.7 Å². The van der Waals surface area contributed by atoms with Gasteiger partial charge in [0.25, 0.3) is 0 Å². The van der Waals surface area contributed by atoms with Gasteiger partial charge in [-0.2, -0.15) is 0 Å². The number of carboxylic acid groups (broad SMARTS) is 1. The molecule has 1 rings (SSSR count). The summed E-state index contributed by atoms with van der Waals surface area (Å²) in [4.78, 5) is 51.5. The molecule has 0 aromatic rings. The van der Waals surface area contributed by atoms with Crippen LogP contribution in [0.5, 0.6) is 0 Å². The zero-order valence-electron chi connectivity index (χ0n) is 54.3. The number of aliphatic carboxylic acids is 1. The van der Waals surface area contributed by atoms with Crippen LogP contribution in [0.4, 0.5) is 0 Å². The molecule has 0 saturated carbocycles. The summed E-state index contributed by atoms with van der Waals surface area (Å²) in [6.45, 7) is 5.89. The van der Waals surface area contributed by atoms with Gasteiger partial charge in [0.1, 0.15) is 18.8 Å². The second kappa shape index (κ2) is 60.4. The molecular weight excluding hydrogens is 1070 g/mol. The number of hydrogen-bond acceptors (Lipinski definition) is 11. The van der Waals surface area contributed by atoms with Crippen LogP contribution in [-0.4, -0.2) is 89.2 Å². The molecule has 0 aliphatic carbocycles. The van der Waals surface area contributed by atoms with Crippen molar-refractivity contribution >= 4 is 23.9 Å². The average Bonchev–Trinajstić information content (AvgIpc) is 3.53. The largest absolute Gasteiger partial charge is 0.479 e. The van der Waals surface area contributed by atoms with Crippen molar-refractivity contribution in [2.24, 2.45) is 0 Å². The first-order valence-electron chi connectivity index (χ1n) is 34.9. The van der Waals surface area contributed by atoms with Gasteiger partial charge in [0.05, 0.1) is 6.61 Å². The van der Waals surface area contributed by atoms with Crippen LogP contribution < -0.4 is 0 Å². The second-order valence-corrected chi connectivity index (χ2v) is 23.8. The summed E-state index contributed by atoms with van der Waals surface area (Å²) in [6, 6.07) is 0. The van der Waals surface area contributed by atoms with Crippen LogP contribution in [0, 0.1) is 0 Å². The number of aliphatic hydroxyl groups excluding tert-OH is 2. The van der Waals surface area contributed by atoms with E-state index in [1.54, 1.807) is 0 Å². The predicted octanol–water partition coefficient (Wildman–Crippen LogP) is 19.2. The number of hydrogen-bond donors (Lipinski definition) is 3. The lowest BCUT2D eigenvalue weighted by Crippen LogP contribution is -2.61. The van der Waals surface area contributed by atoms with Gasteiger partial charge in [-0.1, -0.05) is 261 Å². The molecule has 3 N–H and O–H groups in total. The van der Waals surface area contributed by atoms with Crippen LogP contribution >= 0.6 is 0 Å². The molecule has 0 amide bonds. The number of unbranched alkanes of at least 4 members (excludes halogenated alkanes) is 34. The van der Waals surface area contributed by atoms with Gasteiger partial charge in [0.15, 0.2) is 24.6 Å². The van der Waals surface area contributed by atoms with E-state index >= 15 is 0 Å². The molecule has 6 atom stereocenters. The molecule has 1 fully saturated rings. The molecule has 0 radical (unpaired) electrons. The quantitative estimate of drug-likeness (QED) is 0.0228. The fourth-order valence-electron chi connectivity index (χ4n) is 10.4. The highest BCUT2D eigenvalue weighted by molar-refractivity contribution is 5.74. The maximum absolute atomic E-state index is 13.2. The van der Waals surface area contributed by atoms with Crippen LogP contribution in [0.1, 0.15) is 316 Å². The molecule has 1 aliphatic rings. The molecule has 0 aromatic carbocycles. The first kappa shape index (κ1) is 79.2. The summed E-state index contributed by atoms with van der Waals surface area (Å²) >= 11 is 0. The van der Waals surface area contributed by atoms with Crippen molar-refractivity contribution in [3.8, 4) is 0 Å². The average molecular weight is 1200 g/mol. The Hall–Kier alpha value is -3.84. The first-order chi connectivity index (χ1) is 41.6. The number of esters is 3. The van der Waals surface area contributed by atoms with Gasteiger partial charge in [0, 0.05) is 19.3 Å². The minimum Gasteiger partial charge on any atom is -0.479 e. The second-order valence-electron chi connectivity index (χ2n) is 23.8. The molecular formula is C73H126O12. The minimum atomic E-state index is -1.91. The molecule has 1 aliphatic heterocycles. The number of allylic oxidation sites excluding steroid dienone is 12. The molecule has 6 unspecified atom stereocenters. The molecule has 1 saturated heterocycles. The van der Waals surface area contributed by atoms with Gasteiger partial charge in [-0.3, -0.25) is 14.4 Å². The van der Waals surface area contributed by atoms with Gasteiger partial charge >= 0.3 is 23.9 Å². The van der Waals surface area contributed by atoms with Gasteiger partial charge in [-0.15, -0.1) is 0 Å². The topological polar surface area (TPSA) is 175 Å². The van der Waals surface area contributed by atoms with Crippen molar-refractivity contribution in [1.29, 1.82) is 0 Å². The number of rotatable bonds is 60. The van der Waals surface area contributed by atoms with E-state index in [9.17, 15) is 34.5 Å². The van der Waals surface area contributed by atoms with Gasteiger partial charge in [-0.05, 0) is 109 Å². The van der Waals surface area contributed by atoms with Crippen LogP contribution in [0.15, 0.2) is 72.9 Å². The van der Waals surface area contributed by atoms with E-state index < -0.39 is 67.3 Å². The zero-order chi connectivity index (χ0) is 61.7. The smallest absolute Gasteiger partial charge is 0.335 e. The molecule has 0 aromatic heterocycles. The number of ether oxygens (including phenoxy) is 5. The fourth-order valence-corrected chi connectivity index (χ4v) is 10.4. The van der Waals surface area contributed by atoms with Crippen LogP contribution in [0.3, 0.4) is 0 Å². The predicted molar refractivity (Wildman–Crippen MR) is 349 cm³/mol. The van der Waals surface area contributed by atoms with Gasteiger partial charge in [-0.25, -0.2) is 4.79 Å². The Balaban J connectivity index is 2.63. The van der Waals surface area contributed by atoms with Crippen molar-refractivity contribution in [2.75, 3.05) is 13.2 Å². The number of aliphatic hydroxyl groups is 2. The summed E-state index contributed by atoms with van der Waals surface area (Å²) in [5.74, 6) is -3.12. The number of carboxylic acids is 1. The zero-order valence-corrected chi connectivity index (χ0v) is 54.3. The van der Waals surface area contributed by atoms with Crippen LogP contribution in [-0.2, 0) is 42.9 Å². The third-order valence-corrected chi connectivity index (χ3v) is 15.7. The summed E-state index contributed by atoms with van der Waals surface area (Å²) < 4.78 is 28.6. The summed E-state index contributed by atoms with van der Waals surface area (Å²) in [7, 11) is 0. The van der Waals surface area contributed by atoms with Crippen LogP contribution in [0.2, 0.25) is 0 Å². The SMILES string of the molecule is CC/C=C\C/C=C\C/C=C\CCCCCCCCCC(=O)OC(COC(=O)CCCCCCCCCCC/C=C\C/C=C\CCCCC)COC1OC(C(=O)O)C(O)C(O)C1OC(=O)CCCCCCCCCCC/C=C\CCCCCCCC. The normalized spacial score (nSPS) is 17.9. The molecule has 85 heavy (non-hydrogen) atoms. The minimum absolute atomic E-state index is 0.0565. The van der Waals surface area contributed by atoms with E-state index in [0.29, 0.717) is 19.3 Å². The maximum atomic E-state index is 13.2. The standard InChI is InChI=1S/C73H126O12/c1-4-7-10-13-16-19-22-25-28-31-33-36-38-41-44-47-50-53-56-59-65(74)81-62-64(83-66(75)60-57-54-51-48-45-42-39-35-30-27-24-21-18-15-12-9-6-3)63-82-73-71(69(78)68(77)70(85-73)72(79)80)84-67(76)61-58-55-52-49-46-43-40-37-34-32-29-26-23-20-17-14-11-8-5-2/h9,12,16,18-19,21,25-30,64,68-71,73,77-78H,4-8,10-11,13-15,17,20,22-24,31-63H2,1-3H3,(H,79,80)/b12-9-,19-16-,21-18-,28-25-,29-26-,30-27-. The Morgan fingerprint density at radius 2 is 0.741 bits per heavy atom. The van der Waals surface area contributed by atoms with E-state index in [1.165, 1.54) is 128 Å². The van der Waals surface area contributed by atoms with Crippen molar-refractivity contribution in [2.45, 2.75) is 353 Å². The third kappa shape index (κ3) is 49.8. The number of carbonyl (C=O) groups is 4. The van der Waals surface area contributed by atoms with Crippen molar-refractivity contribution in [3.63, 3.8) is 0 Å². The fraction of sp³-hybridized carbons (Fsp3) is 0.781. The Labute approximate surface area is 518 Å². The lowest BCUT2D eigenvalue weighted by atomic mass is 9.98. The molecule has 490 valence electrons. The first-order valence-corrected chi connectivity index (χ1v) is 34.9. The monoisotopic (exact) mass is 1190 g/mol. The van der Waals surface area contributed by atoms with E-state index in [0.717, 1.165) is 128 Å². The van der Waals surface area contributed by atoms with E-state index in [2.05, 4.69) is 93.7 Å². The van der Waals surface area contributed by atoms with Crippen molar-refractivity contribution in [1.82, 2.24) is 0 Å². The third-order valence-electron chi connectivity index (χ3n) is 15.7. The van der Waals surface area contributed by atoms with Crippen molar-refractivity contribution in [3.05, 3.63) is 72.9 Å². The Bertz CT molecular complexity index is 1750. The molecule has 12 nitrogen and oxygen atoms in total.